The molecule has 0 aliphatic carbocycles. The molecule has 1 aromatic heterocycles. The highest BCUT2D eigenvalue weighted by atomic mass is 35.5. The maximum atomic E-state index is 12.2. The molecule has 2 aromatic rings. The van der Waals surface area contributed by atoms with E-state index in [2.05, 4.69) is 15.6 Å². The Hall–Kier alpha value is -2.84. The Labute approximate surface area is 139 Å². The zero-order chi connectivity index (χ0) is 16.8. The lowest BCUT2D eigenvalue weighted by molar-refractivity contribution is -0.112. The van der Waals surface area contributed by atoms with Gasteiger partial charge in [0.05, 0.1) is 11.9 Å². The predicted octanol–water partition coefficient (Wildman–Crippen LogP) is 3.81. The number of amides is 1. The standard InChI is InChI=1S/C17H15ClN4O/c1-11-3-5-14(18)7-16(11)22-17(23)13(8-19)9-21-15-6-4-12(2)20-10-15/h3-7,9-10,21H,1-2H3,(H,22,23)/b13-9-. The maximum Gasteiger partial charge on any atom is 0.267 e. The number of aromatic nitrogens is 1. The van der Waals surface area contributed by atoms with Crippen molar-refractivity contribution in [2.45, 2.75) is 13.8 Å². The number of hydrogen-bond donors (Lipinski definition) is 2. The van der Waals surface area contributed by atoms with Crippen molar-refractivity contribution in [3.63, 3.8) is 0 Å². The van der Waals surface area contributed by atoms with Gasteiger partial charge >= 0.3 is 0 Å². The Morgan fingerprint density at radius 3 is 2.74 bits per heavy atom. The monoisotopic (exact) mass is 326 g/mol. The van der Waals surface area contributed by atoms with Gasteiger partial charge in [-0.15, -0.1) is 0 Å². The van der Waals surface area contributed by atoms with Gasteiger partial charge in [0.25, 0.3) is 5.91 Å². The minimum atomic E-state index is -0.509. The minimum absolute atomic E-state index is 0.0510. The number of anilines is 2. The second kappa shape index (κ2) is 7.43. The van der Waals surface area contributed by atoms with E-state index in [1.54, 1.807) is 24.4 Å². The van der Waals surface area contributed by atoms with E-state index < -0.39 is 5.91 Å². The summed E-state index contributed by atoms with van der Waals surface area (Å²) < 4.78 is 0. The van der Waals surface area contributed by atoms with Crippen molar-refractivity contribution in [2.24, 2.45) is 0 Å². The van der Waals surface area contributed by atoms with Crippen LogP contribution in [0.25, 0.3) is 0 Å². The van der Waals surface area contributed by atoms with Gasteiger partial charge in [-0.25, -0.2) is 0 Å². The van der Waals surface area contributed by atoms with Crippen molar-refractivity contribution >= 4 is 28.9 Å². The first-order valence-electron chi connectivity index (χ1n) is 6.86. The van der Waals surface area contributed by atoms with Crippen LogP contribution in [-0.2, 0) is 4.79 Å². The van der Waals surface area contributed by atoms with Crippen molar-refractivity contribution in [2.75, 3.05) is 10.6 Å². The molecule has 2 rings (SSSR count). The third kappa shape index (κ3) is 4.56. The fourth-order valence-electron chi connectivity index (χ4n) is 1.78. The van der Waals surface area contributed by atoms with Crippen LogP contribution in [0, 0.1) is 25.2 Å². The van der Waals surface area contributed by atoms with E-state index in [1.165, 1.54) is 6.20 Å². The van der Waals surface area contributed by atoms with Crippen LogP contribution in [0.3, 0.4) is 0 Å². The summed E-state index contributed by atoms with van der Waals surface area (Å²) in [7, 11) is 0. The molecule has 1 amide bonds. The summed E-state index contributed by atoms with van der Waals surface area (Å²) in [5.41, 5.74) is 2.95. The molecule has 5 nitrogen and oxygen atoms in total. The number of aryl methyl sites for hydroxylation is 2. The predicted molar refractivity (Wildman–Crippen MR) is 91.1 cm³/mol. The Bertz CT molecular complexity index is 791. The van der Waals surface area contributed by atoms with Crippen LogP contribution in [0.1, 0.15) is 11.3 Å². The average molecular weight is 327 g/mol. The maximum absolute atomic E-state index is 12.2. The number of hydrogen-bond acceptors (Lipinski definition) is 4. The van der Waals surface area contributed by atoms with Crippen LogP contribution in [0.2, 0.25) is 5.02 Å². The van der Waals surface area contributed by atoms with Gasteiger partial charge in [0.15, 0.2) is 0 Å². The van der Waals surface area contributed by atoms with Crippen molar-refractivity contribution in [1.29, 1.82) is 5.26 Å². The molecule has 6 heteroatoms. The van der Waals surface area contributed by atoms with E-state index in [9.17, 15) is 4.79 Å². The minimum Gasteiger partial charge on any atom is -0.359 e. The Kier molecular flexibility index (Phi) is 5.34. The summed E-state index contributed by atoms with van der Waals surface area (Å²) in [5, 5.41) is 15.2. The summed E-state index contributed by atoms with van der Waals surface area (Å²) in [5.74, 6) is -0.509. The average Bonchev–Trinajstić information content (AvgIpc) is 2.53. The van der Waals surface area contributed by atoms with Crippen LogP contribution in [0.5, 0.6) is 0 Å². The molecular formula is C17H15ClN4O. The van der Waals surface area contributed by atoms with E-state index in [4.69, 9.17) is 16.9 Å². The number of benzene rings is 1. The van der Waals surface area contributed by atoms with Gasteiger partial charge in [0, 0.05) is 22.6 Å². The van der Waals surface area contributed by atoms with E-state index in [-0.39, 0.29) is 5.57 Å². The molecule has 0 bridgehead atoms. The summed E-state index contributed by atoms with van der Waals surface area (Å²) in [6, 6.07) is 10.7. The number of rotatable bonds is 4. The van der Waals surface area contributed by atoms with E-state index in [0.717, 1.165) is 11.3 Å². The largest absolute Gasteiger partial charge is 0.359 e. The van der Waals surface area contributed by atoms with Gasteiger partial charge < -0.3 is 10.6 Å². The van der Waals surface area contributed by atoms with Crippen LogP contribution in [0.15, 0.2) is 48.3 Å². The first-order valence-corrected chi connectivity index (χ1v) is 7.24. The van der Waals surface area contributed by atoms with Gasteiger partial charge in [0.2, 0.25) is 0 Å². The van der Waals surface area contributed by atoms with Gasteiger partial charge in [-0.1, -0.05) is 17.7 Å². The second-order valence-corrected chi connectivity index (χ2v) is 5.35. The topological polar surface area (TPSA) is 77.8 Å². The molecule has 0 fully saturated rings. The van der Waals surface area contributed by atoms with Gasteiger partial charge in [-0.3, -0.25) is 9.78 Å². The number of carbonyl (C=O) groups is 1. The highest BCUT2D eigenvalue weighted by molar-refractivity contribution is 6.31. The number of nitrogens with one attached hydrogen (secondary N) is 2. The Morgan fingerprint density at radius 1 is 1.30 bits per heavy atom. The first kappa shape index (κ1) is 16.5. The third-order valence-electron chi connectivity index (χ3n) is 3.11. The third-order valence-corrected chi connectivity index (χ3v) is 3.34. The van der Waals surface area contributed by atoms with E-state index in [1.807, 2.05) is 32.0 Å². The fraction of sp³-hybridized carbons (Fsp3) is 0.118. The summed E-state index contributed by atoms with van der Waals surface area (Å²) in [4.78, 5) is 16.3. The normalized spacial score (nSPS) is 10.8. The van der Waals surface area contributed by atoms with Gasteiger partial charge in [-0.05, 0) is 43.7 Å². The van der Waals surface area contributed by atoms with Crippen LogP contribution in [-0.4, -0.2) is 10.9 Å². The van der Waals surface area contributed by atoms with Crippen molar-refractivity contribution in [3.05, 3.63) is 64.6 Å². The molecule has 2 N–H and O–H groups in total. The summed E-state index contributed by atoms with van der Waals surface area (Å²) in [6.07, 6.45) is 2.97. The lowest BCUT2D eigenvalue weighted by atomic mass is 10.2. The quantitative estimate of drug-likeness (QED) is 0.661. The summed E-state index contributed by atoms with van der Waals surface area (Å²) in [6.45, 7) is 3.72. The molecule has 116 valence electrons. The lowest BCUT2D eigenvalue weighted by Crippen LogP contribution is -2.15. The molecule has 1 heterocycles. The van der Waals surface area contributed by atoms with Gasteiger partial charge in [-0.2, -0.15) is 5.26 Å². The molecule has 0 spiro atoms. The summed E-state index contributed by atoms with van der Waals surface area (Å²) >= 11 is 5.92. The number of carbonyl (C=O) groups excluding carboxylic acids is 1. The molecule has 0 radical (unpaired) electrons. The zero-order valence-corrected chi connectivity index (χ0v) is 13.5. The number of nitrogens with zero attached hydrogens (tertiary/aromatic N) is 2. The molecule has 0 unspecified atom stereocenters. The van der Waals surface area contributed by atoms with Crippen molar-refractivity contribution in [3.8, 4) is 6.07 Å². The van der Waals surface area contributed by atoms with E-state index >= 15 is 0 Å². The lowest BCUT2D eigenvalue weighted by Gasteiger charge is -2.08. The van der Waals surface area contributed by atoms with Gasteiger partial charge in [0.1, 0.15) is 11.6 Å². The SMILES string of the molecule is Cc1ccc(N/C=C(/C#N)C(=O)Nc2cc(Cl)ccc2C)cn1. The molecule has 0 saturated carbocycles. The van der Waals surface area contributed by atoms with Crippen LogP contribution >= 0.6 is 11.6 Å². The fourth-order valence-corrected chi connectivity index (χ4v) is 1.95. The molecule has 0 aliphatic heterocycles. The molecule has 1 aromatic carbocycles. The number of halogens is 1. The second-order valence-electron chi connectivity index (χ2n) is 4.92. The first-order chi connectivity index (χ1) is 11.0. The highest BCUT2D eigenvalue weighted by Crippen LogP contribution is 2.20. The smallest absolute Gasteiger partial charge is 0.267 e. The molecule has 0 aliphatic rings. The molecule has 0 atom stereocenters. The Morgan fingerprint density at radius 2 is 2.09 bits per heavy atom. The number of pyridine rings is 1. The van der Waals surface area contributed by atoms with Crippen molar-refractivity contribution in [1.82, 2.24) is 4.98 Å². The highest BCUT2D eigenvalue weighted by Gasteiger charge is 2.11. The molecular weight excluding hydrogens is 312 g/mol. The zero-order valence-electron chi connectivity index (χ0n) is 12.7. The van der Waals surface area contributed by atoms with Crippen LogP contribution in [0.4, 0.5) is 11.4 Å². The molecule has 23 heavy (non-hydrogen) atoms. The Balaban J connectivity index is 2.12. The van der Waals surface area contributed by atoms with E-state index in [0.29, 0.717) is 16.4 Å². The molecule has 0 saturated heterocycles. The number of nitriles is 1. The van der Waals surface area contributed by atoms with Crippen molar-refractivity contribution < 1.29 is 4.79 Å². The van der Waals surface area contributed by atoms with Crippen LogP contribution < -0.4 is 10.6 Å².